The lowest BCUT2D eigenvalue weighted by Gasteiger charge is -2.14. The lowest BCUT2D eigenvalue weighted by molar-refractivity contribution is -0.125. The van der Waals surface area contributed by atoms with Crippen molar-refractivity contribution in [3.8, 4) is 0 Å². The number of rotatable bonds is 2. The van der Waals surface area contributed by atoms with E-state index in [-0.39, 0.29) is 17.4 Å². The Labute approximate surface area is 100.0 Å². The van der Waals surface area contributed by atoms with Gasteiger partial charge >= 0.3 is 0 Å². The van der Waals surface area contributed by atoms with Crippen LogP contribution in [-0.4, -0.2) is 28.9 Å². The smallest absolute Gasteiger partial charge is 0.251 e. The van der Waals surface area contributed by atoms with Gasteiger partial charge in [0.25, 0.3) is 5.56 Å². The molecular formula is C13H16N2O2. The van der Waals surface area contributed by atoms with E-state index >= 15 is 0 Å². The van der Waals surface area contributed by atoms with Gasteiger partial charge in [0, 0.05) is 30.8 Å². The van der Waals surface area contributed by atoms with Crippen molar-refractivity contribution in [2.75, 3.05) is 13.1 Å². The minimum absolute atomic E-state index is 0.0477. The zero-order valence-corrected chi connectivity index (χ0v) is 9.90. The molecule has 2 rings (SSSR count). The molecule has 0 aromatic carbocycles. The van der Waals surface area contributed by atoms with Gasteiger partial charge in [0.2, 0.25) is 5.91 Å². The summed E-state index contributed by atoms with van der Waals surface area (Å²) in [5.74, 6) is 0.0825. The maximum absolute atomic E-state index is 11.7. The van der Waals surface area contributed by atoms with Crippen LogP contribution in [0.3, 0.4) is 0 Å². The zero-order valence-electron chi connectivity index (χ0n) is 9.90. The Morgan fingerprint density at radius 2 is 2.41 bits per heavy atom. The molecule has 1 aromatic heterocycles. The molecule has 1 amide bonds. The first-order valence-electron chi connectivity index (χ1n) is 5.72. The second-order valence-corrected chi connectivity index (χ2v) is 4.44. The van der Waals surface area contributed by atoms with Gasteiger partial charge in [-0.1, -0.05) is 6.58 Å². The van der Waals surface area contributed by atoms with E-state index < -0.39 is 0 Å². The Kier molecular flexibility index (Phi) is 3.13. The summed E-state index contributed by atoms with van der Waals surface area (Å²) in [4.78, 5) is 27.6. The van der Waals surface area contributed by atoms with E-state index in [9.17, 15) is 9.59 Å². The third-order valence-corrected chi connectivity index (χ3v) is 3.19. The highest BCUT2D eigenvalue weighted by atomic mass is 16.2. The first-order valence-corrected chi connectivity index (χ1v) is 5.72. The third kappa shape index (κ3) is 2.30. The number of carbonyl (C=O) groups is 1. The SMILES string of the molecule is C=CC(=O)N1CCC(c2cc(C)c[nH]c2=O)C1. The lowest BCUT2D eigenvalue weighted by Crippen LogP contribution is -2.27. The van der Waals surface area contributed by atoms with E-state index in [1.807, 2.05) is 13.0 Å². The highest BCUT2D eigenvalue weighted by Crippen LogP contribution is 2.25. The molecular weight excluding hydrogens is 216 g/mol. The van der Waals surface area contributed by atoms with Gasteiger partial charge < -0.3 is 9.88 Å². The summed E-state index contributed by atoms with van der Waals surface area (Å²) >= 11 is 0. The van der Waals surface area contributed by atoms with Crippen LogP contribution >= 0.6 is 0 Å². The Balaban J connectivity index is 2.20. The molecule has 90 valence electrons. The Morgan fingerprint density at radius 3 is 3.12 bits per heavy atom. The maximum Gasteiger partial charge on any atom is 0.251 e. The first kappa shape index (κ1) is 11.6. The van der Waals surface area contributed by atoms with Crippen LogP contribution < -0.4 is 5.56 Å². The van der Waals surface area contributed by atoms with Crippen LogP contribution in [-0.2, 0) is 4.79 Å². The molecule has 0 aliphatic carbocycles. The van der Waals surface area contributed by atoms with Crippen molar-refractivity contribution < 1.29 is 4.79 Å². The van der Waals surface area contributed by atoms with Gasteiger partial charge in [-0.15, -0.1) is 0 Å². The molecule has 1 fully saturated rings. The van der Waals surface area contributed by atoms with Gasteiger partial charge in [0.1, 0.15) is 0 Å². The van der Waals surface area contributed by atoms with Crippen molar-refractivity contribution in [3.63, 3.8) is 0 Å². The zero-order chi connectivity index (χ0) is 12.4. The van der Waals surface area contributed by atoms with Crippen LogP contribution in [0.25, 0.3) is 0 Å². The normalized spacial score (nSPS) is 19.4. The van der Waals surface area contributed by atoms with Gasteiger partial charge in [-0.3, -0.25) is 9.59 Å². The molecule has 1 unspecified atom stereocenters. The summed E-state index contributed by atoms with van der Waals surface area (Å²) in [5.41, 5.74) is 1.77. The highest BCUT2D eigenvalue weighted by Gasteiger charge is 2.27. The number of aromatic amines is 1. The minimum atomic E-state index is -0.0587. The van der Waals surface area contributed by atoms with Crippen molar-refractivity contribution in [3.05, 3.63) is 46.4 Å². The number of amides is 1. The van der Waals surface area contributed by atoms with Crippen LogP contribution in [0.4, 0.5) is 0 Å². The standard InChI is InChI=1S/C13H16N2O2/c1-3-12(16)15-5-4-10(8-15)11-6-9(2)7-14-13(11)17/h3,6-7,10H,1,4-5,8H2,2H3,(H,14,17). The number of hydrogen-bond acceptors (Lipinski definition) is 2. The number of hydrogen-bond donors (Lipinski definition) is 1. The number of aryl methyl sites for hydroxylation is 1. The molecule has 0 radical (unpaired) electrons. The molecule has 1 aliphatic heterocycles. The monoisotopic (exact) mass is 232 g/mol. The van der Waals surface area contributed by atoms with Crippen LogP contribution in [0.5, 0.6) is 0 Å². The van der Waals surface area contributed by atoms with Gasteiger partial charge in [-0.05, 0) is 31.1 Å². The van der Waals surface area contributed by atoms with Crippen LogP contribution in [0.1, 0.15) is 23.5 Å². The number of likely N-dealkylation sites (tertiary alicyclic amines) is 1. The number of nitrogens with one attached hydrogen (secondary N) is 1. The molecule has 1 aromatic rings. The number of H-pyrrole nitrogens is 1. The molecule has 1 saturated heterocycles. The third-order valence-electron chi connectivity index (χ3n) is 3.19. The average Bonchev–Trinajstić information content (AvgIpc) is 2.80. The number of nitrogens with zero attached hydrogens (tertiary/aromatic N) is 1. The average molecular weight is 232 g/mol. The molecule has 0 spiro atoms. The molecule has 1 N–H and O–H groups in total. The van der Waals surface area contributed by atoms with E-state index in [4.69, 9.17) is 0 Å². The van der Waals surface area contributed by atoms with E-state index in [1.165, 1.54) is 6.08 Å². The van der Waals surface area contributed by atoms with Crippen molar-refractivity contribution >= 4 is 5.91 Å². The summed E-state index contributed by atoms with van der Waals surface area (Å²) in [6.07, 6.45) is 3.86. The minimum Gasteiger partial charge on any atom is -0.339 e. The Hall–Kier alpha value is -1.84. The van der Waals surface area contributed by atoms with Crippen LogP contribution in [0.2, 0.25) is 0 Å². The lowest BCUT2D eigenvalue weighted by atomic mass is 9.99. The number of pyridine rings is 1. The van der Waals surface area contributed by atoms with E-state index in [2.05, 4.69) is 11.6 Å². The molecule has 4 heteroatoms. The molecule has 0 saturated carbocycles. The van der Waals surface area contributed by atoms with E-state index in [0.29, 0.717) is 13.1 Å². The van der Waals surface area contributed by atoms with E-state index in [1.54, 1.807) is 11.1 Å². The topological polar surface area (TPSA) is 53.2 Å². The fraction of sp³-hybridized carbons (Fsp3) is 0.385. The van der Waals surface area contributed by atoms with Gasteiger partial charge in [-0.25, -0.2) is 0 Å². The van der Waals surface area contributed by atoms with Gasteiger partial charge in [0.05, 0.1) is 0 Å². The summed E-state index contributed by atoms with van der Waals surface area (Å²) in [6, 6.07) is 1.91. The van der Waals surface area contributed by atoms with Crippen molar-refractivity contribution in [1.29, 1.82) is 0 Å². The second-order valence-electron chi connectivity index (χ2n) is 4.44. The van der Waals surface area contributed by atoms with Gasteiger partial charge in [0.15, 0.2) is 0 Å². The fourth-order valence-electron chi connectivity index (χ4n) is 2.26. The molecule has 4 nitrogen and oxygen atoms in total. The van der Waals surface area contributed by atoms with Crippen molar-refractivity contribution in [2.24, 2.45) is 0 Å². The van der Waals surface area contributed by atoms with Crippen molar-refractivity contribution in [1.82, 2.24) is 9.88 Å². The quantitative estimate of drug-likeness (QED) is 0.779. The van der Waals surface area contributed by atoms with Crippen molar-refractivity contribution in [2.45, 2.75) is 19.3 Å². The number of aromatic nitrogens is 1. The predicted molar refractivity (Wildman–Crippen MR) is 65.9 cm³/mol. The summed E-state index contributed by atoms with van der Waals surface area (Å²) in [6.45, 7) is 6.73. The largest absolute Gasteiger partial charge is 0.339 e. The number of carbonyl (C=O) groups excluding carboxylic acids is 1. The highest BCUT2D eigenvalue weighted by molar-refractivity contribution is 5.87. The van der Waals surface area contributed by atoms with Gasteiger partial charge in [-0.2, -0.15) is 0 Å². The molecule has 1 aliphatic rings. The molecule has 1 atom stereocenters. The summed E-state index contributed by atoms with van der Waals surface area (Å²) < 4.78 is 0. The first-order chi connectivity index (χ1) is 8.11. The second kappa shape index (κ2) is 4.57. The van der Waals surface area contributed by atoms with E-state index in [0.717, 1.165) is 17.5 Å². The summed E-state index contributed by atoms with van der Waals surface area (Å²) in [5, 5.41) is 0. The molecule has 17 heavy (non-hydrogen) atoms. The van der Waals surface area contributed by atoms with Crippen LogP contribution in [0.15, 0.2) is 29.7 Å². The Bertz CT molecular complexity index is 504. The predicted octanol–water partition coefficient (Wildman–Crippen LogP) is 1.19. The molecule has 0 bridgehead atoms. The van der Waals surface area contributed by atoms with Crippen LogP contribution in [0, 0.1) is 6.92 Å². The summed E-state index contributed by atoms with van der Waals surface area (Å²) in [7, 11) is 0. The maximum atomic E-state index is 11.7. The molecule has 2 heterocycles. The fourth-order valence-corrected chi connectivity index (χ4v) is 2.26. The Morgan fingerprint density at radius 1 is 1.65 bits per heavy atom.